The number of hydrogen-bond donors (Lipinski definition) is 0. The molecule has 28 heavy (non-hydrogen) atoms. The molecule has 3 heteroatoms. The fraction of sp³-hybridized carbons (Fsp3) is 0.280. The Morgan fingerprint density at radius 3 is 2.79 bits per heavy atom. The van der Waals surface area contributed by atoms with Crippen molar-refractivity contribution in [2.75, 3.05) is 0 Å². The zero-order chi connectivity index (χ0) is 18.9. The molecule has 0 bridgehead atoms. The Hall–Kier alpha value is -2.94. The lowest BCUT2D eigenvalue weighted by molar-refractivity contribution is 0.394. The van der Waals surface area contributed by atoms with Gasteiger partial charge in [0.15, 0.2) is 0 Å². The molecule has 2 unspecified atom stereocenters. The molecule has 3 nitrogen and oxygen atoms in total. The molecule has 0 saturated heterocycles. The summed E-state index contributed by atoms with van der Waals surface area (Å²) >= 11 is 0. The van der Waals surface area contributed by atoms with Crippen LogP contribution in [0.5, 0.6) is 0 Å². The van der Waals surface area contributed by atoms with Gasteiger partial charge in [0.2, 0.25) is 0 Å². The molecule has 1 aromatic carbocycles. The third kappa shape index (κ3) is 1.99. The van der Waals surface area contributed by atoms with Gasteiger partial charge in [0.05, 0.1) is 10.9 Å². The van der Waals surface area contributed by atoms with E-state index in [1.54, 1.807) is 6.33 Å². The minimum Gasteiger partial charge on any atom is -0.294 e. The van der Waals surface area contributed by atoms with E-state index in [1.165, 1.54) is 32.6 Å². The van der Waals surface area contributed by atoms with E-state index in [9.17, 15) is 0 Å². The highest BCUT2D eigenvalue weighted by atomic mass is 15.1. The van der Waals surface area contributed by atoms with Gasteiger partial charge in [-0.1, -0.05) is 50.3 Å². The first-order valence-corrected chi connectivity index (χ1v) is 10.2. The fourth-order valence-electron chi connectivity index (χ4n) is 5.53. The number of rotatable bonds is 1. The maximum atomic E-state index is 4.58. The molecule has 3 aliphatic rings. The van der Waals surface area contributed by atoms with Gasteiger partial charge in [0.25, 0.3) is 0 Å². The Kier molecular flexibility index (Phi) is 3.18. The van der Waals surface area contributed by atoms with Crippen LogP contribution in [0.1, 0.15) is 43.7 Å². The Morgan fingerprint density at radius 2 is 1.93 bits per heavy atom. The van der Waals surface area contributed by atoms with Gasteiger partial charge in [-0.15, -0.1) is 0 Å². The molecular formula is C25H23N3. The van der Waals surface area contributed by atoms with Gasteiger partial charge < -0.3 is 0 Å². The Balaban J connectivity index is 1.75. The topological polar surface area (TPSA) is 30.7 Å². The summed E-state index contributed by atoms with van der Waals surface area (Å²) in [5.74, 6) is 1.93. The number of hydrogen-bond acceptors (Lipinski definition) is 2. The summed E-state index contributed by atoms with van der Waals surface area (Å²) in [5, 5.41) is 3.99. The highest BCUT2D eigenvalue weighted by Crippen LogP contribution is 2.53. The van der Waals surface area contributed by atoms with Crippen molar-refractivity contribution in [3.05, 3.63) is 76.7 Å². The largest absolute Gasteiger partial charge is 0.294 e. The number of nitrogens with zero attached hydrogens (tertiary/aromatic N) is 3. The molecule has 2 atom stereocenters. The van der Waals surface area contributed by atoms with Crippen molar-refractivity contribution >= 4 is 23.1 Å². The maximum Gasteiger partial charge on any atom is 0.140 e. The van der Waals surface area contributed by atoms with Crippen LogP contribution in [0.4, 0.5) is 0 Å². The Labute approximate surface area is 164 Å². The first-order chi connectivity index (χ1) is 13.7. The second-order valence-corrected chi connectivity index (χ2v) is 8.69. The molecule has 3 aromatic rings. The fourth-order valence-corrected chi connectivity index (χ4v) is 5.53. The number of allylic oxidation sites excluding steroid dienone is 4. The average molecular weight is 365 g/mol. The molecular weight excluding hydrogens is 342 g/mol. The van der Waals surface area contributed by atoms with Crippen molar-refractivity contribution in [3.8, 4) is 5.82 Å². The van der Waals surface area contributed by atoms with Crippen LogP contribution in [0.25, 0.3) is 28.9 Å². The van der Waals surface area contributed by atoms with Gasteiger partial charge in [-0.3, -0.25) is 4.57 Å². The number of fused-ring (bicyclic) bond motifs is 6. The quantitative estimate of drug-likeness (QED) is 0.655. The van der Waals surface area contributed by atoms with Crippen LogP contribution in [-0.4, -0.2) is 14.5 Å². The zero-order valence-electron chi connectivity index (χ0n) is 16.3. The predicted octanol–water partition coefficient (Wildman–Crippen LogP) is 3.89. The van der Waals surface area contributed by atoms with Crippen molar-refractivity contribution in [1.82, 2.24) is 14.5 Å². The molecule has 6 rings (SSSR count). The first kappa shape index (κ1) is 16.1. The van der Waals surface area contributed by atoms with Crippen LogP contribution in [0.15, 0.2) is 55.0 Å². The van der Waals surface area contributed by atoms with E-state index < -0.39 is 0 Å². The van der Waals surface area contributed by atoms with E-state index in [1.807, 2.05) is 12.3 Å². The summed E-state index contributed by atoms with van der Waals surface area (Å²) in [5.41, 5.74) is 4.36. The van der Waals surface area contributed by atoms with Crippen LogP contribution in [0.3, 0.4) is 0 Å². The second kappa shape index (κ2) is 5.54. The van der Waals surface area contributed by atoms with Crippen LogP contribution < -0.4 is 10.6 Å². The van der Waals surface area contributed by atoms with Crippen molar-refractivity contribution in [2.45, 2.75) is 38.0 Å². The van der Waals surface area contributed by atoms with Gasteiger partial charge in [-0.05, 0) is 53.5 Å². The normalized spacial score (nSPS) is 23.6. The SMILES string of the molecule is CC1(C)c2cc3c4c(n(-c5ccncn5)c3cc2C2C=CC=CC21)=CCCC=4. The minimum absolute atomic E-state index is 0.137. The molecule has 0 radical (unpaired) electrons. The van der Waals surface area contributed by atoms with Crippen molar-refractivity contribution in [2.24, 2.45) is 5.92 Å². The van der Waals surface area contributed by atoms with E-state index >= 15 is 0 Å². The number of aromatic nitrogens is 3. The van der Waals surface area contributed by atoms with Gasteiger partial charge >= 0.3 is 0 Å². The molecule has 2 heterocycles. The lowest BCUT2D eigenvalue weighted by Crippen LogP contribution is -2.30. The number of benzene rings is 1. The van der Waals surface area contributed by atoms with Gasteiger partial charge in [0, 0.05) is 22.7 Å². The van der Waals surface area contributed by atoms with Gasteiger partial charge in [-0.25, -0.2) is 9.97 Å². The summed E-state index contributed by atoms with van der Waals surface area (Å²) in [6, 6.07) is 6.91. The van der Waals surface area contributed by atoms with E-state index in [0.717, 1.165) is 18.7 Å². The Bertz CT molecular complexity index is 1290. The van der Waals surface area contributed by atoms with E-state index in [2.05, 4.69) is 77.0 Å². The molecule has 2 aromatic heterocycles. The first-order valence-electron chi connectivity index (χ1n) is 10.2. The third-order valence-corrected chi connectivity index (χ3v) is 6.89. The van der Waals surface area contributed by atoms with E-state index in [0.29, 0.717) is 11.8 Å². The van der Waals surface area contributed by atoms with E-state index in [-0.39, 0.29) is 5.41 Å². The zero-order valence-corrected chi connectivity index (χ0v) is 16.3. The van der Waals surface area contributed by atoms with Crippen molar-refractivity contribution in [3.63, 3.8) is 0 Å². The maximum absolute atomic E-state index is 4.58. The highest BCUT2D eigenvalue weighted by Gasteiger charge is 2.44. The monoisotopic (exact) mass is 365 g/mol. The lowest BCUT2D eigenvalue weighted by Gasteiger charge is -2.29. The molecule has 0 amide bonds. The molecule has 0 spiro atoms. The molecule has 0 saturated carbocycles. The summed E-state index contributed by atoms with van der Waals surface area (Å²) < 4.78 is 2.32. The predicted molar refractivity (Wildman–Crippen MR) is 114 cm³/mol. The minimum atomic E-state index is 0.137. The van der Waals surface area contributed by atoms with Gasteiger partial charge in [-0.2, -0.15) is 0 Å². The summed E-state index contributed by atoms with van der Waals surface area (Å²) in [7, 11) is 0. The summed E-state index contributed by atoms with van der Waals surface area (Å²) in [4.78, 5) is 8.69. The standard InChI is InChI=1S/C25H23N3/c1-25(2)20-9-5-3-7-16(20)18-14-23-19(13-21(18)25)17-8-4-6-10-22(17)28(23)24-11-12-26-15-27-24/h3,5,7-16,20H,4,6H2,1-2H3. The molecule has 0 aliphatic heterocycles. The van der Waals surface area contributed by atoms with Crippen LogP contribution in [0.2, 0.25) is 0 Å². The lowest BCUT2D eigenvalue weighted by atomic mass is 9.74. The van der Waals surface area contributed by atoms with Crippen LogP contribution in [-0.2, 0) is 5.41 Å². The van der Waals surface area contributed by atoms with Crippen LogP contribution >= 0.6 is 0 Å². The van der Waals surface area contributed by atoms with Gasteiger partial charge in [0.1, 0.15) is 12.1 Å². The smallest absolute Gasteiger partial charge is 0.140 e. The molecule has 138 valence electrons. The van der Waals surface area contributed by atoms with Crippen molar-refractivity contribution in [1.29, 1.82) is 0 Å². The molecule has 3 aliphatic carbocycles. The Morgan fingerprint density at radius 1 is 1.07 bits per heavy atom. The average Bonchev–Trinajstić information content (AvgIpc) is 3.17. The molecule has 0 N–H and O–H groups in total. The summed E-state index contributed by atoms with van der Waals surface area (Å²) in [6.07, 6.45) is 19.6. The summed E-state index contributed by atoms with van der Waals surface area (Å²) in [6.45, 7) is 4.80. The second-order valence-electron chi connectivity index (χ2n) is 8.69. The molecule has 0 fully saturated rings. The third-order valence-electron chi connectivity index (χ3n) is 6.89. The van der Waals surface area contributed by atoms with E-state index in [4.69, 9.17) is 0 Å². The van der Waals surface area contributed by atoms with Crippen molar-refractivity contribution < 1.29 is 0 Å². The highest BCUT2D eigenvalue weighted by molar-refractivity contribution is 5.87. The van der Waals surface area contributed by atoms with Crippen LogP contribution in [0, 0.1) is 5.92 Å².